The molecule has 0 aliphatic rings. The summed E-state index contributed by atoms with van der Waals surface area (Å²) in [5, 5.41) is 8.58. The molecule has 0 aliphatic carbocycles. The van der Waals surface area contributed by atoms with E-state index in [1.807, 2.05) is 0 Å². The summed E-state index contributed by atoms with van der Waals surface area (Å²) in [4.78, 5) is 13.5. The number of hydrogen-bond donors (Lipinski definition) is 1. The third kappa shape index (κ3) is 4.96. The maximum Gasteiger partial charge on any atom is 0.573 e. The number of aromatic nitrogens is 1. The smallest absolute Gasteiger partial charge is 0.481 e. The van der Waals surface area contributed by atoms with E-state index in [2.05, 4.69) is 9.72 Å². The number of hydrogen-bond acceptors (Lipinski definition) is 3. The van der Waals surface area contributed by atoms with E-state index in [1.165, 1.54) is 0 Å². The standard InChI is InChI=1S/C10H6ClF6NO3/c11-3-5-1-4(2-6(19)20)7(21-10(15,16)17)8(18-5)9(12,13)14/h1H,2-3H2,(H,19,20). The number of carbonyl (C=O) groups is 1. The summed E-state index contributed by atoms with van der Waals surface area (Å²) in [7, 11) is 0. The summed E-state index contributed by atoms with van der Waals surface area (Å²) >= 11 is 5.30. The Labute approximate surface area is 118 Å². The highest BCUT2D eigenvalue weighted by Gasteiger charge is 2.42. The molecule has 0 atom stereocenters. The van der Waals surface area contributed by atoms with Crippen molar-refractivity contribution in [1.82, 2.24) is 4.98 Å². The quantitative estimate of drug-likeness (QED) is 0.676. The summed E-state index contributed by atoms with van der Waals surface area (Å²) < 4.78 is 78.2. The van der Waals surface area contributed by atoms with E-state index in [4.69, 9.17) is 16.7 Å². The Bertz CT molecular complexity index is 543. The Kier molecular flexibility index (Phi) is 4.92. The molecule has 1 heterocycles. The Hall–Kier alpha value is -1.71. The van der Waals surface area contributed by atoms with Crippen LogP contribution in [-0.4, -0.2) is 22.4 Å². The van der Waals surface area contributed by atoms with Gasteiger partial charge in [0.05, 0.1) is 18.0 Å². The van der Waals surface area contributed by atoms with Crippen LogP contribution in [0.2, 0.25) is 0 Å². The second-order valence-corrected chi connectivity index (χ2v) is 3.97. The Morgan fingerprint density at radius 2 is 1.86 bits per heavy atom. The van der Waals surface area contributed by atoms with Crippen LogP contribution >= 0.6 is 11.6 Å². The molecule has 0 spiro atoms. The van der Waals surface area contributed by atoms with Crippen LogP contribution in [0.4, 0.5) is 26.3 Å². The van der Waals surface area contributed by atoms with Gasteiger partial charge in [0.1, 0.15) is 0 Å². The second kappa shape index (κ2) is 5.96. The fourth-order valence-corrected chi connectivity index (χ4v) is 1.57. The van der Waals surface area contributed by atoms with Gasteiger partial charge in [-0.15, -0.1) is 24.8 Å². The molecule has 4 nitrogen and oxygen atoms in total. The van der Waals surface area contributed by atoms with Gasteiger partial charge in [-0.2, -0.15) is 13.2 Å². The second-order valence-electron chi connectivity index (χ2n) is 3.70. The first-order chi connectivity index (χ1) is 9.44. The van der Waals surface area contributed by atoms with Gasteiger partial charge >= 0.3 is 18.5 Å². The summed E-state index contributed by atoms with van der Waals surface area (Å²) in [5.74, 6) is -3.87. The first-order valence-corrected chi connectivity index (χ1v) is 5.61. The SMILES string of the molecule is O=C(O)Cc1cc(CCl)nc(C(F)(F)F)c1OC(F)(F)F. The highest BCUT2D eigenvalue weighted by Crippen LogP contribution is 2.40. The van der Waals surface area contributed by atoms with Gasteiger partial charge in [-0.3, -0.25) is 4.79 Å². The van der Waals surface area contributed by atoms with Crippen molar-refractivity contribution in [2.75, 3.05) is 0 Å². The van der Waals surface area contributed by atoms with Crippen molar-refractivity contribution in [3.8, 4) is 5.75 Å². The zero-order chi connectivity index (χ0) is 16.4. The van der Waals surface area contributed by atoms with Crippen LogP contribution in [0.25, 0.3) is 0 Å². The normalized spacial score (nSPS) is 12.3. The van der Waals surface area contributed by atoms with E-state index in [0.29, 0.717) is 0 Å². The largest absolute Gasteiger partial charge is 0.573 e. The number of pyridine rings is 1. The van der Waals surface area contributed by atoms with E-state index in [0.717, 1.165) is 6.07 Å². The van der Waals surface area contributed by atoms with Gasteiger partial charge in [0.25, 0.3) is 0 Å². The van der Waals surface area contributed by atoms with Crippen LogP contribution in [0.5, 0.6) is 5.75 Å². The summed E-state index contributed by atoms with van der Waals surface area (Å²) in [6.45, 7) is 0. The van der Waals surface area contributed by atoms with E-state index < -0.39 is 53.5 Å². The van der Waals surface area contributed by atoms with Gasteiger partial charge in [0.15, 0.2) is 11.4 Å². The third-order valence-corrected chi connectivity index (χ3v) is 2.34. The van der Waals surface area contributed by atoms with Crippen molar-refractivity contribution in [3.05, 3.63) is 23.0 Å². The lowest BCUT2D eigenvalue weighted by atomic mass is 10.1. The molecule has 0 radical (unpaired) electrons. The molecule has 1 N–H and O–H groups in total. The molecule has 0 unspecified atom stereocenters. The molecule has 0 aliphatic heterocycles. The summed E-state index contributed by atoms with van der Waals surface area (Å²) in [5.41, 5.74) is -3.22. The van der Waals surface area contributed by atoms with Crippen LogP contribution in [0.3, 0.4) is 0 Å². The third-order valence-electron chi connectivity index (χ3n) is 2.07. The maximum atomic E-state index is 12.8. The van der Waals surface area contributed by atoms with Gasteiger partial charge in [-0.25, -0.2) is 4.98 Å². The van der Waals surface area contributed by atoms with Crippen molar-refractivity contribution in [3.63, 3.8) is 0 Å². The minimum Gasteiger partial charge on any atom is -0.481 e. The van der Waals surface area contributed by atoms with Gasteiger partial charge in [0.2, 0.25) is 0 Å². The van der Waals surface area contributed by atoms with E-state index in [1.54, 1.807) is 0 Å². The molecule has 0 saturated heterocycles. The Balaban J connectivity index is 3.54. The minimum absolute atomic E-state index is 0.422. The van der Waals surface area contributed by atoms with Gasteiger partial charge in [-0.1, -0.05) is 0 Å². The lowest BCUT2D eigenvalue weighted by Gasteiger charge is -2.18. The number of carboxylic acid groups (broad SMARTS) is 1. The van der Waals surface area contributed by atoms with Crippen molar-refractivity contribution in [2.45, 2.75) is 24.8 Å². The summed E-state index contributed by atoms with van der Waals surface area (Å²) in [6, 6.07) is 0.720. The van der Waals surface area contributed by atoms with Crippen molar-refractivity contribution in [1.29, 1.82) is 0 Å². The number of halogens is 7. The molecule has 118 valence electrons. The van der Waals surface area contributed by atoms with Gasteiger partial charge in [-0.05, 0) is 6.07 Å². The highest BCUT2D eigenvalue weighted by molar-refractivity contribution is 6.16. The average molecular weight is 338 g/mol. The molecule has 0 aromatic carbocycles. The topological polar surface area (TPSA) is 59.4 Å². The molecule has 11 heteroatoms. The number of alkyl halides is 7. The fourth-order valence-electron chi connectivity index (χ4n) is 1.43. The number of nitrogens with zero attached hydrogens (tertiary/aromatic N) is 1. The first-order valence-electron chi connectivity index (χ1n) is 5.07. The highest BCUT2D eigenvalue weighted by atomic mass is 35.5. The molecule has 1 aromatic heterocycles. The minimum atomic E-state index is -5.43. The molecular weight excluding hydrogens is 332 g/mol. The number of rotatable bonds is 4. The number of ether oxygens (including phenoxy) is 1. The van der Waals surface area contributed by atoms with Crippen LogP contribution in [-0.2, 0) is 23.3 Å². The lowest BCUT2D eigenvalue weighted by molar-refractivity contribution is -0.276. The Morgan fingerprint density at radius 1 is 1.29 bits per heavy atom. The zero-order valence-electron chi connectivity index (χ0n) is 9.85. The number of carboxylic acids is 1. The van der Waals surface area contributed by atoms with E-state index in [9.17, 15) is 31.1 Å². The molecule has 0 fully saturated rings. The predicted molar refractivity (Wildman–Crippen MR) is 56.8 cm³/mol. The van der Waals surface area contributed by atoms with Crippen LogP contribution in [0, 0.1) is 0 Å². The maximum absolute atomic E-state index is 12.8. The van der Waals surface area contributed by atoms with Gasteiger partial charge in [0, 0.05) is 5.56 Å². The van der Waals surface area contributed by atoms with Crippen molar-refractivity contribution < 1.29 is 41.0 Å². The van der Waals surface area contributed by atoms with Gasteiger partial charge < -0.3 is 9.84 Å². The fraction of sp³-hybridized carbons (Fsp3) is 0.400. The molecule has 0 amide bonds. The van der Waals surface area contributed by atoms with Crippen LogP contribution < -0.4 is 4.74 Å². The average Bonchev–Trinajstić information content (AvgIpc) is 2.27. The molecular formula is C10H6ClF6NO3. The van der Waals surface area contributed by atoms with Crippen molar-refractivity contribution >= 4 is 17.6 Å². The first kappa shape index (κ1) is 17.3. The zero-order valence-corrected chi connectivity index (χ0v) is 10.6. The van der Waals surface area contributed by atoms with E-state index >= 15 is 0 Å². The van der Waals surface area contributed by atoms with Crippen molar-refractivity contribution in [2.24, 2.45) is 0 Å². The van der Waals surface area contributed by atoms with Crippen LogP contribution in [0.1, 0.15) is 17.0 Å². The number of aliphatic carboxylic acids is 1. The molecule has 21 heavy (non-hydrogen) atoms. The lowest BCUT2D eigenvalue weighted by Crippen LogP contribution is -2.23. The molecule has 1 aromatic rings. The van der Waals surface area contributed by atoms with Crippen LogP contribution in [0.15, 0.2) is 6.07 Å². The molecule has 0 bridgehead atoms. The predicted octanol–water partition coefficient (Wildman–Crippen LogP) is 3.36. The molecule has 0 saturated carbocycles. The monoisotopic (exact) mass is 337 g/mol. The summed E-state index contributed by atoms with van der Waals surface area (Å²) in [6.07, 6.45) is -11.8. The molecule has 1 rings (SSSR count). The Morgan fingerprint density at radius 3 is 2.24 bits per heavy atom. The van der Waals surface area contributed by atoms with E-state index in [-0.39, 0.29) is 0 Å².